The van der Waals surface area contributed by atoms with Crippen molar-refractivity contribution in [1.29, 1.82) is 0 Å². The lowest BCUT2D eigenvalue weighted by atomic mass is 10.2. The molecule has 2 heterocycles. The number of ether oxygens (including phenoxy) is 2. The first kappa shape index (κ1) is 17.1. The molecule has 1 amide bonds. The fraction of sp³-hybridized carbons (Fsp3) is 0.235. The monoisotopic (exact) mass is 361 g/mol. The largest absolute Gasteiger partial charge is 0.463 e. The molecule has 0 spiro atoms. The smallest absolute Gasteiger partial charge is 0.373 e. The molecule has 1 aromatic carbocycles. The van der Waals surface area contributed by atoms with Gasteiger partial charge in [-0.3, -0.25) is 4.79 Å². The average Bonchev–Trinajstić information content (AvgIpc) is 3.01. The number of nitrogens with one attached hydrogen (secondary N) is 1. The van der Waals surface area contributed by atoms with Crippen LogP contribution in [-0.4, -0.2) is 30.7 Å². The minimum Gasteiger partial charge on any atom is -0.463 e. The molecule has 7 nitrogen and oxygen atoms in total. The van der Waals surface area contributed by atoms with Crippen LogP contribution in [0.2, 0.25) is 0 Å². The zero-order valence-electron chi connectivity index (χ0n) is 13.4. The van der Waals surface area contributed by atoms with Gasteiger partial charge in [-0.1, -0.05) is 0 Å². The van der Waals surface area contributed by atoms with Crippen molar-refractivity contribution in [2.75, 3.05) is 18.2 Å². The number of carbonyl (C=O) groups excluding carboxylic acids is 3. The third kappa shape index (κ3) is 4.03. The van der Waals surface area contributed by atoms with Gasteiger partial charge in [-0.15, -0.1) is 11.8 Å². The molecule has 2 aromatic rings. The van der Waals surface area contributed by atoms with E-state index in [1.165, 1.54) is 19.2 Å². The molecule has 130 valence electrons. The summed E-state index contributed by atoms with van der Waals surface area (Å²) in [6, 6.07) is 8.01. The number of fused-ring (bicyclic) bond motifs is 1. The van der Waals surface area contributed by atoms with Gasteiger partial charge < -0.3 is 19.2 Å². The molecule has 3 rings (SSSR count). The van der Waals surface area contributed by atoms with Crippen molar-refractivity contribution in [1.82, 2.24) is 0 Å². The van der Waals surface area contributed by atoms with Crippen LogP contribution in [0.5, 0.6) is 0 Å². The van der Waals surface area contributed by atoms with Gasteiger partial charge in [0.25, 0.3) is 0 Å². The van der Waals surface area contributed by atoms with Crippen LogP contribution in [0.1, 0.15) is 33.1 Å². The van der Waals surface area contributed by atoms with Crippen LogP contribution in [0.25, 0.3) is 0 Å². The van der Waals surface area contributed by atoms with Crippen LogP contribution >= 0.6 is 11.8 Å². The standard InChI is InChI=1S/C17H15NO6S/c1-22-17(21)13-4-3-11(24-13)9-23-16(20)10-2-5-14-12(8-10)18-15(19)6-7-25-14/h2-5,8H,6-7,9H2,1H3,(H,18,19). The number of esters is 2. The van der Waals surface area contributed by atoms with Gasteiger partial charge >= 0.3 is 11.9 Å². The highest BCUT2D eigenvalue weighted by Gasteiger charge is 2.17. The number of benzene rings is 1. The zero-order valence-corrected chi connectivity index (χ0v) is 14.2. The molecular weight excluding hydrogens is 346 g/mol. The molecule has 25 heavy (non-hydrogen) atoms. The van der Waals surface area contributed by atoms with Crippen LogP contribution in [-0.2, 0) is 20.9 Å². The summed E-state index contributed by atoms with van der Waals surface area (Å²) in [6.07, 6.45) is 0.431. The molecule has 0 unspecified atom stereocenters. The Labute approximate surface area is 147 Å². The Morgan fingerprint density at radius 1 is 1.24 bits per heavy atom. The molecule has 0 bridgehead atoms. The third-order valence-electron chi connectivity index (χ3n) is 3.47. The Kier molecular flexibility index (Phi) is 5.08. The highest BCUT2D eigenvalue weighted by atomic mass is 32.2. The fourth-order valence-corrected chi connectivity index (χ4v) is 3.17. The van der Waals surface area contributed by atoms with E-state index in [1.54, 1.807) is 30.0 Å². The van der Waals surface area contributed by atoms with Crippen LogP contribution in [0.3, 0.4) is 0 Å². The Hall–Kier alpha value is -2.74. The van der Waals surface area contributed by atoms with Crippen molar-refractivity contribution in [3.8, 4) is 0 Å². The van der Waals surface area contributed by atoms with Gasteiger partial charge in [0.15, 0.2) is 0 Å². The summed E-state index contributed by atoms with van der Waals surface area (Å²) in [6.45, 7) is -0.117. The predicted molar refractivity (Wildman–Crippen MR) is 89.6 cm³/mol. The highest BCUT2D eigenvalue weighted by molar-refractivity contribution is 7.99. The minimum absolute atomic E-state index is 0.0401. The van der Waals surface area contributed by atoms with Gasteiger partial charge in [-0.2, -0.15) is 0 Å². The first-order valence-corrected chi connectivity index (χ1v) is 8.46. The van der Waals surface area contributed by atoms with Crippen molar-refractivity contribution in [3.05, 3.63) is 47.4 Å². The van der Waals surface area contributed by atoms with E-state index in [2.05, 4.69) is 10.1 Å². The summed E-state index contributed by atoms with van der Waals surface area (Å²) in [5, 5.41) is 2.78. The summed E-state index contributed by atoms with van der Waals surface area (Å²) < 4.78 is 15.0. The average molecular weight is 361 g/mol. The predicted octanol–water partition coefficient (Wildman–Crippen LogP) is 2.86. The zero-order chi connectivity index (χ0) is 17.8. The number of methoxy groups -OCH3 is 1. The molecule has 1 aliphatic heterocycles. The summed E-state index contributed by atoms with van der Waals surface area (Å²) in [4.78, 5) is 36.1. The normalized spacial score (nSPS) is 13.4. The van der Waals surface area contributed by atoms with Gasteiger partial charge in [-0.05, 0) is 30.3 Å². The molecule has 0 aliphatic carbocycles. The molecule has 1 N–H and O–H groups in total. The van der Waals surface area contributed by atoms with E-state index in [9.17, 15) is 14.4 Å². The molecule has 0 fully saturated rings. The Bertz CT molecular complexity index is 828. The first-order chi connectivity index (χ1) is 12.1. The van der Waals surface area contributed by atoms with Crippen LogP contribution in [0.4, 0.5) is 5.69 Å². The molecule has 1 aromatic heterocycles. The molecule has 0 saturated heterocycles. The van der Waals surface area contributed by atoms with E-state index in [0.29, 0.717) is 29.2 Å². The summed E-state index contributed by atoms with van der Waals surface area (Å²) in [5.41, 5.74) is 0.925. The summed E-state index contributed by atoms with van der Waals surface area (Å²) in [5.74, 6) is -0.170. The van der Waals surface area contributed by atoms with E-state index in [1.807, 2.05) is 0 Å². The number of thioether (sulfide) groups is 1. The second-order valence-corrected chi connectivity index (χ2v) is 6.33. The van der Waals surface area contributed by atoms with Gasteiger partial charge in [0.1, 0.15) is 12.4 Å². The number of furan rings is 1. The number of hydrogen-bond donors (Lipinski definition) is 1. The maximum atomic E-state index is 12.2. The number of amides is 1. The van der Waals surface area contributed by atoms with Crippen LogP contribution in [0, 0.1) is 0 Å². The van der Waals surface area contributed by atoms with E-state index in [0.717, 1.165) is 4.90 Å². The molecule has 0 radical (unpaired) electrons. The number of carbonyl (C=O) groups is 3. The van der Waals surface area contributed by atoms with E-state index in [-0.39, 0.29) is 18.3 Å². The molecular formula is C17H15NO6S. The molecule has 0 atom stereocenters. The van der Waals surface area contributed by atoms with Gasteiger partial charge in [-0.25, -0.2) is 9.59 Å². The number of hydrogen-bond acceptors (Lipinski definition) is 7. The molecule has 1 aliphatic rings. The highest BCUT2D eigenvalue weighted by Crippen LogP contribution is 2.31. The van der Waals surface area contributed by atoms with Crippen LogP contribution in [0.15, 0.2) is 39.6 Å². The van der Waals surface area contributed by atoms with Gasteiger partial charge in [0.05, 0.1) is 18.4 Å². The van der Waals surface area contributed by atoms with Crippen LogP contribution < -0.4 is 5.32 Å². The first-order valence-electron chi connectivity index (χ1n) is 7.47. The minimum atomic E-state index is -0.600. The number of rotatable bonds is 4. The second-order valence-electron chi connectivity index (χ2n) is 5.19. The number of anilines is 1. The lowest BCUT2D eigenvalue weighted by molar-refractivity contribution is -0.115. The van der Waals surface area contributed by atoms with Crippen molar-refractivity contribution < 1.29 is 28.3 Å². The Balaban J connectivity index is 1.66. The third-order valence-corrected chi connectivity index (χ3v) is 4.55. The summed E-state index contributed by atoms with van der Waals surface area (Å²) in [7, 11) is 1.25. The molecule has 8 heteroatoms. The summed E-state index contributed by atoms with van der Waals surface area (Å²) >= 11 is 1.56. The lowest BCUT2D eigenvalue weighted by Gasteiger charge is -2.08. The van der Waals surface area contributed by atoms with Crippen molar-refractivity contribution >= 4 is 35.3 Å². The fourth-order valence-electron chi connectivity index (χ4n) is 2.23. The lowest BCUT2D eigenvalue weighted by Crippen LogP contribution is -2.11. The van der Waals surface area contributed by atoms with Gasteiger partial charge in [0, 0.05) is 17.1 Å². The van der Waals surface area contributed by atoms with Crippen molar-refractivity contribution in [2.45, 2.75) is 17.9 Å². The van der Waals surface area contributed by atoms with Gasteiger partial charge in [0.2, 0.25) is 11.7 Å². The Morgan fingerprint density at radius 2 is 2.08 bits per heavy atom. The topological polar surface area (TPSA) is 94.8 Å². The maximum Gasteiger partial charge on any atom is 0.373 e. The van der Waals surface area contributed by atoms with E-state index >= 15 is 0 Å². The maximum absolute atomic E-state index is 12.2. The quantitative estimate of drug-likeness (QED) is 0.837. The van der Waals surface area contributed by atoms with E-state index < -0.39 is 11.9 Å². The molecule has 0 saturated carbocycles. The van der Waals surface area contributed by atoms with Crippen molar-refractivity contribution in [3.63, 3.8) is 0 Å². The van der Waals surface area contributed by atoms with Crippen molar-refractivity contribution in [2.24, 2.45) is 0 Å². The SMILES string of the molecule is COC(=O)c1ccc(COC(=O)c2ccc3c(c2)NC(=O)CCS3)o1. The Morgan fingerprint density at radius 3 is 2.88 bits per heavy atom. The van der Waals surface area contributed by atoms with E-state index in [4.69, 9.17) is 9.15 Å². The second kappa shape index (κ2) is 7.43.